The Morgan fingerprint density at radius 2 is 2.40 bits per heavy atom. The molecule has 3 rings (SSSR count). The van der Waals surface area contributed by atoms with E-state index in [2.05, 4.69) is 9.97 Å². The van der Waals surface area contributed by atoms with E-state index in [0.29, 0.717) is 17.8 Å². The van der Waals surface area contributed by atoms with Crippen molar-refractivity contribution >= 4 is 23.2 Å². The second-order valence-electron chi connectivity index (χ2n) is 4.48. The van der Waals surface area contributed by atoms with Crippen LogP contribution in [0.25, 0.3) is 0 Å². The third-order valence-electron chi connectivity index (χ3n) is 3.36. The third kappa shape index (κ3) is 2.09. The number of nitrogens with one attached hydrogen (secondary N) is 1. The summed E-state index contributed by atoms with van der Waals surface area (Å²) < 4.78 is 4.81. The average Bonchev–Trinajstić information content (AvgIpc) is 3.14. The maximum absolute atomic E-state index is 12.5. The van der Waals surface area contributed by atoms with Gasteiger partial charge in [0.1, 0.15) is 6.04 Å². The lowest BCUT2D eigenvalue weighted by Gasteiger charge is -2.32. The van der Waals surface area contributed by atoms with Gasteiger partial charge < -0.3 is 14.6 Å². The van der Waals surface area contributed by atoms with Gasteiger partial charge in [0.2, 0.25) is 0 Å². The summed E-state index contributed by atoms with van der Waals surface area (Å²) in [5.41, 5.74) is 1.69. The zero-order chi connectivity index (χ0) is 14.1. The van der Waals surface area contributed by atoms with E-state index >= 15 is 0 Å². The molecule has 0 spiro atoms. The lowest BCUT2D eigenvalue weighted by atomic mass is 10.0. The fourth-order valence-electron chi connectivity index (χ4n) is 2.34. The zero-order valence-electron chi connectivity index (χ0n) is 10.8. The van der Waals surface area contributed by atoms with Gasteiger partial charge in [0.15, 0.2) is 0 Å². The number of hydrogen-bond acceptors (Lipinski definition) is 5. The first kappa shape index (κ1) is 12.9. The first-order valence-corrected chi connectivity index (χ1v) is 7.02. The number of thiophene rings is 1. The number of methoxy groups -OCH3 is 1. The van der Waals surface area contributed by atoms with Crippen LogP contribution in [-0.2, 0) is 22.5 Å². The average molecular weight is 291 g/mol. The summed E-state index contributed by atoms with van der Waals surface area (Å²) in [6, 6.07) is 2.95. The molecule has 0 fully saturated rings. The highest BCUT2D eigenvalue weighted by atomic mass is 32.1. The van der Waals surface area contributed by atoms with Crippen LogP contribution < -0.4 is 0 Å². The Kier molecular flexibility index (Phi) is 3.27. The van der Waals surface area contributed by atoms with Crippen molar-refractivity contribution in [2.75, 3.05) is 7.11 Å². The molecule has 1 aliphatic heterocycles. The van der Waals surface area contributed by atoms with Crippen molar-refractivity contribution in [1.82, 2.24) is 14.9 Å². The number of aromatic amines is 1. The minimum Gasteiger partial charge on any atom is -0.467 e. The van der Waals surface area contributed by atoms with Crippen LogP contribution in [0.2, 0.25) is 0 Å². The van der Waals surface area contributed by atoms with Crippen molar-refractivity contribution in [3.63, 3.8) is 0 Å². The van der Waals surface area contributed by atoms with Gasteiger partial charge in [0.25, 0.3) is 5.91 Å². The van der Waals surface area contributed by atoms with E-state index in [1.165, 1.54) is 23.3 Å². The monoisotopic (exact) mass is 291 g/mol. The second kappa shape index (κ2) is 5.09. The Labute approximate surface area is 119 Å². The highest BCUT2D eigenvalue weighted by Crippen LogP contribution is 2.24. The van der Waals surface area contributed by atoms with E-state index in [4.69, 9.17) is 4.74 Å². The minimum absolute atomic E-state index is 0.157. The van der Waals surface area contributed by atoms with Crippen molar-refractivity contribution in [2.24, 2.45) is 0 Å². The molecule has 7 heteroatoms. The largest absolute Gasteiger partial charge is 0.467 e. The standard InChI is InChI=1S/C13H13N3O3S/c1-19-13(18)10-5-8-9(15-7-14-8)6-16(10)12(17)11-3-2-4-20-11/h2-4,7,10H,5-6H2,1H3,(H,14,15)/t10-/m0/s1. The number of H-pyrrole nitrogens is 1. The molecule has 1 atom stereocenters. The number of aromatic nitrogens is 2. The number of fused-ring (bicyclic) bond motifs is 1. The van der Waals surface area contributed by atoms with E-state index in [1.807, 2.05) is 11.4 Å². The molecular formula is C13H13N3O3S. The number of hydrogen-bond donors (Lipinski definition) is 1. The predicted octanol–water partition coefficient (Wildman–Crippen LogP) is 1.21. The molecule has 104 valence electrons. The quantitative estimate of drug-likeness (QED) is 0.844. The van der Waals surface area contributed by atoms with Gasteiger partial charge in [0.05, 0.1) is 36.2 Å². The lowest BCUT2D eigenvalue weighted by Crippen LogP contribution is -2.49. The molecular weight excluding hydrogens is 278 g/mol. The fraction of sp³-hybridized carbons (Fsp3) is 0.308. The molecule has 2 aromatic heterocycles. The number of carbonyl (C=O) groups excluding carboxylic acids is 2. The molecule has 0 radical (unpaired) electrons. The number of carbonyl (C=O) groups is 2. The first-order chi connectivity index (χ1) is 9.70. The Morgan fingerprint density at radius 3 is 3.10 bits per heavy atom. The van der Waals surface area contributed by atoms with Crippen LogP contribution >= 0.6 is 11.3 Å². The topological polar surface area (TPSA) is 75.3 Å². The first-order valence-electron chi connectivity index (χ1n) is 6.14. The predicted molar refractivity (Wildman–Crippen MR) is 72.3 cm³/mol. The van der Waals surface area contributed by atoms with E-state index < -0.39 is 12.0 Å². The molecule has 0 aromatic carbocycles. The van der Waals surface area contributed by atoms with Crippen LogP contribution in [0.3, 0.4) is 0 Å². The van der Waals surface area contributed by atoms with Crippen molar-refractivity contribution in [3.8, 4) is 0 Å². The van der Waals surface area contributed by atoms with Crippen molar-refractivity contribution in [1.29, 1.82) is 0 Å². The molecule has 3 heterocycles. The molecule has 1 aliphatic rings. The number of esters is 1. The lowest BCUT2D eigenvalue weighted by molar-refractivity contribution is -0.146. The zero-order valence-corrected chi connectivity index (χ0v) is 11.6. The Balaban J connectivity index is 1.94. The maximum atomic E-state index is 12.5. The molecule has 0 aliphatic carbocycles. The highest BCUT2D eigenvalue weighted by Gasteiger charge is 2.37. The van der Waals surface area contributed by atoms with E-state index in [-0.39, 0.29) is 5.91 Å². The molecule has 1 amide bonds. The molecule has 2 aromatic rings. The van der Waals surface area contributed by atoms with Crippen LogP contribution in [-0.4, -0.2) is 39.9 Å². The van der Waals surface area contributed by atoms with Gasteiger partial charge in [-0.25, -0.2) is 9.78 Å². The van der Waals surface area contributed by atoms with Gasteiger partial charge >= 0.3 is 5.97 Å². The Hall–Kier alpha value is -2.15. The van der Waals surface area contributed by atoms with Gasteiger partial charge in [-0.1, -0.05) is 6.07 Å². The number of rotatable bonds is 2. The third-order valence-corrected chi connectivity index (χ3v) is 4.22. The Bertz CT molecular complexity index is 635. The molecule has 0 saturated heterocycles. The van der Waals surface area contributed by atoms with E-state index in [0.717, 1.165) is 11.4 Å². The van der Waals surface area contributed by atoms with Crippen LogP contribution in [0, 0.1) is 0 Å². The Morgan fingerprint density at radius 1 is 1.55 bits per heavy atom. The van der Waals surface area contributed by atoms with Gasteiger partial charge in [-0.05, 0) is 11.4 Å². The fourth-order valence-corrected chi connectivity index (χ4v) is 3.02. The van der Waals surface area contributed by atoms with Gasteiger partial charge in [-0.3, -0.25) is 4.79 Å². The molecule has 1 N–H and O–H groups in total. The minimum atomic E-state index is -0.620. The summed E-state index contributed by atoms with van der Waals surface area (Å²) in [5, 5.41) is 1.84. The number of nitrogens with zero attached hydrogens (tertiary/aromatic N) is 2. The summed E-state index contributed by atoms with van der Waals surface area (Å²) >= 11 is 1.36. The van der Waals surface area contributed by atoms with Crippen molar-refractivity contribution < 1.29 is 14.3 Å². The van der Waals surface area contributed by atoms with Crippen LogP contribution in [0.15, 0.2) is 23.8 Å². The maximum Gasteiger partial charge on any atom is 0.329 e. The van der Waals surface area contributed by atoms with Crippen LogP contribution in [0.5, 0.6) is 0 Å². The van der Waals surface area contributed by atoms with E-state index in [9.17, 15) is 9.59 Å². The summed E-state index contributed by atoms with van der Waals surface area (Å²) in [4.78, 5) is 33.8. The molecule has 0 saturated carbocycles. The molecule has 0 unspecified atom stereocenters. The number of imidazole rings is 1. The molecule has 0 bridgehead atoms. The number of ether oxygens (including phenoxy) is 1. The SMILES string of the molecule is COC(=O)[C@@H]1Cc2nc[nH]c2CN1C(=O)c1cccs1. The highest BCUT2D eigenvalue weighted by molar-refractivity contribution is 7.12. The van der Waals surface area contributed by atoms with Gasteiger partial charge in [-0.2, -0.15) is 0 Å². The smallest absolute Gasteiger partial charge is 0.329 e. The van der Waals surface area contributed by atoms with Gasteiger partial charge in [0, 0.05) is 6.42 Å². The summed E-state index contributed by atoms with van der Waals surface area (Å²) in [7, 11) is 1.33. The summed E-state index contributed by atoms with van der Waals surface area (Å²) in [6.45, 7) is 0.339. The van der Waals surface area contributed by atoms with Crippen molar-refractivity contribution in [3.05, 3.63) is 40.1 Å². The van der Waals surface area contributed by atoms with Gasteiger partial charge in [-0.15, -0.1) is 11.3 Å². The number of amides is 1. The molecule has 20 heavy (non-hydrogen) atoms. The van der Waals surface area contributed by atoms with Crippen LogP contribution in [0.1, 0.15) is 21.1 Å². The summed E-state index contributed by atoms with van der Waals surface area (Å²) in [5.74, 6) is -0.570. The van der Waals surface area contributed by atoms with E-state index in [1.54, 1.807) is 12.4 Å². The summed E-state index contributed by atoms with van der Waals surface area (Å²) in [6.07, 6.45) is 1.96. The van der Waals surface area contributed by atoms with Crippen LogP contribution in [0.4, 0.5) is 0 Å². The van der Waals surface area contributed by atoms with Crippen molar-refractivity contribution in [2.45, 2.75) is 19.0 Å². The normalized spacial score (nSPS) is 17.6. The molecule has 6 nitrogen and oxygen atoms in total. The second-order valence-corrected chi connectivity index (χ2v) is 5.43.